The van der Waals surface area contributed by atoms with Crippen LogP contribution in [-0.4, -0.2) is 57.2 Å². The van der Waals surface area contributed by atoms with Crippen LogP contribution in [0, 0.1) is 0 Å². The van der Waals surface area contributed by atoms with Gasteiger partial charge in [0.15, 0.2) is 11.5 Å². The molecule has 0 bridgehead atoms. The van der Waals surface area contributed by atoms with Crippen LogP contribution in [0.5, 0.6) is 11.5 Å². The fourth-order valence-corrected chi connectivity index (χ4v) is 3.71. The third-order valence-corrected chi connectivity index (χ3v) is 5.25. The Balaban J connectivity index is 1.41. The number of nitrogens with one attached hydrogen (secondary N) is 1. The minimum absolute atomic E-state index is 0.115. The molecule has 0 atom stereocenters. The molecule has 0 spiro atoms. The average Bonchev–Trinajstić information content (AvgIpc) is 2.72. The first-order valence-corrected chi connectivity index (χ1v) is 10.2. The minimum atomic E-state index is -0.115. The second-order valence-corrected chi connectivity index (χ2v) is 7.44. The third kappa shape index (κ3) is 6.02. The molecule has 0 aliphatic carbocycles. The van der Waals surface area contributed by atoms with E-state index >= 15 is 0 Å². The minimum Gasteiger partial charge on any atom is -0.493 e. The number of nitrogens with zero attached hydrogens (tertiary/aromatic N) is 2. The number of benzene rings is 2. The lowest BCUT2D eigenvalue weighted by molar-refractivity contribution is -0.114. The molecule has 1 saturated heterocycles. The molecule has 1 N–H and O–H groups in total. The Hall–Kier alpha value is -2.44. The zero-order valence-electron chi connectivity index (χ0n) is 17.0. The van der Waals surface area contributed by atoms with Crippen LogP contribution in [0.3, 0.4) is 0 Å². The van der Waals surface area contributed by atoms with E-state index in [1.807, 2.05) is 30.3 Å². The van der Waals surface area contributed by atoms with Crippen LogP contribution in [0.1, 0.15) is 13.3 Å². The Morgan fingerprint density at radius 1 is 1.10 bits per heavy atom. The maximum absolute atomic E-state index is 11.2. The highest BCUT2D eigenvalue weighted by atomic mass is 35.5. The number of para-hydroxylation sites is 1. The molecule has 6 nitrogen and oxygen atoms in total. The summed E-state index contributed by atoms with van der Waals surface area (Å²) in [5.74, 6) is 1.19. The Morgan fingerprint density at radius 2 is 1.86 bits per heavy atom. The summed E-state index contributed by atoms with van der Waals surface area (Å²) >= 11 is 6.31. The number of methoxy groups -OCH3 is 1. The maximum Gasteiger partial charge on any atom is 0.221 e. The molecule has 3 rings (SSSR count). The average molecular weight is 418 g/mol. The standard InChI is InChI=1S/C22H28ClN3O3/c1-17(27)24-18-8-9-21(22(16-18)28-2)29-15-5-10-25-11-13-26(14-12-25)20-7-4-3-6-19(20)23/h3-4,6-9,16H,5,10-15H2,1-2H3,(H,24,27). The monoisotopic (exact) mass is 417 g/mol. The van der Waals surface area contributed by atoms with Crippen molar-refractivity contribution in [3.05, 3.63) is 47.5 Å². The zero-order valence-corrected chi connectivity index (χ0v) is 17.7. The molecule has 1 amide bonds. The van der Waals surface area contributed by atoms with Gasteiger partial charge in [-0.2, -0.15) is 0 Å². The summed E-state index contributed by atoms with van der Waals surface area (Å²) < 4.78 is 11.3. The van der Waals surface area contributed by atoms with Crippen molar-refractivity contribution >= 4 is 28.9 Å². The molecule has 2 aromatic carbocycles. The molecule has 1 heterocycles. The highest BCUT2D eigenvalue weighted by Crippen LogP contribution is 2.30. The van der Waals surface area contributed by atoms with Crippen molar-refractivity contribution in [1.29, 1.82) is 0 Å². The van der Waals surface area contributed by atoms with Crippen molar-refractivity contribution in [3.8, 4) is 11.5 Å². The molecule has 1 fully saturated rings. The van der Waals surface area contributed by atoms with Crippen molar-refractivity contribution in [1.82, 2.24) is 4.90 Å². The summed E-state index contributed by atoms with van der Waals surface area (Å²) in [5.41, 5.74) is 1.81. The van der Waals surface area contributed by atoms with Gasteiger partial charge in [-0.1, -0.05) is 23.7 Å². The van der Waals surface area contributed by atoms with Crippen LogP contribution >= 0.6 is 11.6 Å². The fraction of sp³-hybridized carbons (Fsp3) is 0.409. The lowest BCUT2D eigenvalue weighted by atomic mass is 10.2. The van der Waals surface area contributed by atoms with Crippen LogP contribution in [0.25, 0.3) is 0 Å². The van der Waals surface area contributed by atoms with E-state index in [1.165, 1.54) is 6.92 Å². The summed E-state index contributed by atoms with van der Waals surface area (Å²) in [6.45, 7) is 7.06. The predicted molar refractivity (Wildman–Crippen MR) is 118 cm³/mol. The highest BCUT2D eigenvalue weighted by Gasteiger charge is 2.18. The van der Waals surface area contributed by atoms with Crippen molar-refractivity contribution in [2.24, 2.45) is 0 Å². The van der Waals surface area contributed by atoms with Crippen LogP contribution < -0.4 is 19.7 Å². The summed E-state index contributed by atoms with van der Waals surface area (Å²) in [5, 5.41) is 3.56. The summed E-state index contributed by atoms with van der Waals surface area (Å²) in [6.07, 6.45) is 0.933. The van der Waals surface area contributed by atoms with Crippen molar-refractivity contribution in [2.75, 3.05) is 56.7 Å². The van der Waals surface area contributed by atoms with Crippen LogP contribution in [0.2, 0.25) is 5.02 Å². The Morgan fingerprint density at radius 3 is 2.55 bits per heavy atom. The molecular formula is C22H28ClN3O3. The van der Waals surface area contributed by atoms with E-state index in [9.17, 15) is 4.79 Å². The van der Waals surface area contributed by atoms with Crippen molar-refractivity contribution in [2.45, 2.75) is 13.3 Å². The Labute approximate surface area is 177 Å². The second kappa shape index (κ2) is 10.4. The molecule has 29 heavy (non-hydrogen) atoms. The van der Waals surface area contributed by atoms with E-state index in [0.717, 1.165) is 49.9 Å². The third-order valence-electron chi connectivity index (χ3n) is 4.93. The molecule has 0 radical (unpaired) electrons. The predicted octanol–water partition coefficient (Wildman–Crippen LogP) is 3.90. The van der Waals surface area contributed by atoms with E-state index in [0.29, 0.717) is 23.8 Å². The van der Waals surface area contributed by atoms with E-state index in [1.54, 1.807) is 13.2 Å². The molecule has 0 unspecified atom stereocenters. The van der Waals surface area contributed by atoms with E-state index in [4.69, 9.17) is 21.1 Å². The number of hydrogen-bond acceptors (Lipinski definition) is 5. The van der Waals surface area contributed by atoms with Gasteiger partial charge in [-0.05, 0) is 30.7 Å². The van der Waals surface area contributed by atoms with Gasteiger partial charge in [0.1, 0.15) is 0 Å². The molecular weight excluding hydrogens is 390 g/mol. The van der Waals surface area contributed by atoms with Gasteiger partial charge in [0, 0.05) is 51.4 Å². The van der Waals surface area contributed by atoms with Gasteiger partial charge in [-0.3, -0.25) is 9.69 Å². The first-order valence-electron chi connectivity index (χ1n) is 9.87. The van der Waals surface area contributed by atoms with E-state index in [-0.39, 0.29) is 5.91 Å². The number of piperazine rings is 1. The number of hydrogen-bond donors (Lipinski definition) is 1. The normalized spacial score (nSPS) is 14.5. The number of amides is 1. The zero-order chi connectivity index (χ0) is 20.6. The quantitative estimate of drug-likeness (QED) is 0.660. The van der Waals surface area contributed by atoms with E-state index < -0.39 is 0 Å². The number of anilines is 2. The summed E-state index contributed by atoms with van der Waals surface area (Å²) in [6, 6.07) is 13.4. The van der Waals surface area contributed by atoms with Gasteiger partial charge in [0.05, 0.1) is 24.4 Å². The SMILES string of the molecule is COc1cc(NC(C)=O)ccc1OCCCN1CCN(c2ccccc2Cl)CC1. The van der Waals surface area contributed by atoms with Crippen LogP contribution in [0.15, 0.2) is 42.5 Å². The van der Waals surface area contributed by atoms with Gasteiger partial charge in [-0.25, -0.2) is 0 Å². The molecule has 156 valence electrons. The number of carbonyl (C=O) groups is 1. The second-order valence-electron chi connectivity index (χ2n) is 7.03. The number of carbonyl (C=O) groups excluding carboxylic acids is 1. The summed E-state index contributed by atoms with van der Waals surface area (Å²) in [4.78, 5) is 16.0. The van der Waals surface area contributed by atoms with Gasteiger partial charge in [-0.15, -0.1) is 0 Å². The molecule has 2 aromatic rings. The maximum atomic E-state index is 11.2. The molecule has 1 aliphatic rings. The van der Waals surface area contributed by atoms with Gasteiger partial charge >= 0.3 is 0 Å². The molecule has 0 aromatic heterocycles. The number of rotatable bonds is 8. The first-order chi connectivity index (χ1) is 14.1. The van der Waals surface area contributed by atoms with Crippen molar-refractivity contribution < 1.29 is 14.3 Å². The fourth-order valence-electron chi connectivity index (χ4n) is 3.46. The van der Waals surface area contributed by atoms with Crippen LogP contribution in [-0.2, 0) is 4.79 Å². The number of ether oxygens (including phenoxy) is 2. The lowest BCUT2D eigenvalue weighted by Gasteiger charge is -2.36. The van der Waals surface area contributed by atoms with Crippen molar-refractivity contribution in [3.63, 3.8) is 0 Å². The number of halogens is 1. The summed E-state index contributed by atoms with van der Waals surface area (Å²) in [7, 11) is 1.60. The van der Waals surface area contributed by atoms with E-state index in [2.05, 4.69) is 21.2 Å². The van der Waals surface area contributed by atoms with Gasteiger partial charge in [0.25, 0.3) is 0 Å². The topological polar surface area (TPSA) is 54.0 Å². The lowest BCUT2D eigenvalue weighted by Crippen LogP contribution is -2.46. The molecule has 0 saturated carbocycles. The van der Waals surface area contributed by atoms with Gasteiger partial charge in [0.2, 0.25) is 5.91 Å². The Kier molecular flexibility index (Phi) is 7.61. The Bertz CT molecular complexity index is 823. The largest absolute Gasteiger partial charge is 0.493 e. The van der Waals surface area contributed by atoms with Gasteiger partial charge < -0.3 is 19.7 Å². The highest BCUT2D eigenvalue weighted by molar-refractivity contribution is 6.33. The first kappa shape index (κ1) is 21.3. The van der Waals surface area contributed by atoms with Crippen LogP contribution in [0.4, 0.5) is 11.4 Å². The molecule has 7 heteroatoms. The molecule has 1 aliphatic heterocycles. The smallest absolute Gasteiger partial charge is 0.221 e.